The number of hydrogen-bond acceptors (Lipinski definition) is 4. The van der Waals surface area contributed by atoms with Gasteiger partial charge >= 0.3 is 0 Å². The lowest BCUT2D eigenvalue weighted by Crippen LogP contribution is -2.45. The van der Waals surface area contributed by atoms with Crippen molar-refractivity contribution in [3.05, 3.63) is 88.2 Å². The first-order valence-corrected chi connectivity index (χ1v) is 9.12. The van der Waals surface area contributed by atoms with Gasteiger partial charge in [-0.25, -0.2) is 4.39 Å². The summed E-state index contributed by atoms with van der Waals surface area (Å²) in [6.45, 7) is 0.569. The number of carbonyl (C=O) groups excluding carboxylic acids is 1. The molecule has 0 saturated heterocycles. The molecule has 0 spiro atoms. The monoisotopic (exact) mass is 395 g/mol. The van der Waals surface area contributed by atoms with E-state index in [2.05, 4.69) is 10.6 Å². The highest BCUT2D eigenvalue weighted by Gasteiger charge is 2.51. The molecule has 0 aromatic heterocycles. The number of fused-ring (bicyclic) bond motifs is 2. The average molecular weight is 396 g/mol. The summed E-state index contributed by atoms with van der Waals surface area (Å²) in [5.41, 5.74) is 0.891. The third-order valence-corrected chi connectivity index (χ3v) is 5.50. The van der Waals surface area contributed by atoms with Gasteiger partial charge < -0.3 is 15.7 Å². The fourth-order valence-corrected chi connectivity index (χ4v) is 4.06. The number of nitrogens with one attached hydrogen (secondary N) is 2. The molecule has 1 unspecified atom stereocenters. The second-order valence-electron chi connectivity index (χ2n) is 6.72. The molecule has 3 aromatic carbocycles. The molecular formula is C21H15ClFN3O2. The SMILES string of the molecule is O=C1c2ccccc2C(O)(c2ccc3c(c2)NCN3)N1c1cccc(Cl)c1F. The van der Waals surface area contributed by atoms with Gasteiger partial charge in [0.15, 0.2) is 11.5 Å². The predicted molar refractivity (Wildman–Crippen MR) is 106 cm³/mol. The van der Waals surface area contributed by atoms with Crippen LogP contribution in [0.2, 0.25) is 5.02 Å². The van der Waals surface area contributed by atoms with E-state index in [1.807, 2.05) is 6.07 Å². The zero-order valence-electron chi connectivity index (χ0n) is 14.5. The summed E-state index contributed by atoms with van der Waals surface area (Å²) in [5.74, 6) is -1.25. The molecule has 0 bridgehead atoms. The highest BCUT2D eigenvalue weighted by Crippen LogP contribution is 2.47. The number of anilines is 3. The van der Waals surface area contributed by atoms with E-state index in [1.165, 1.54) is 12.1 Å². The van der Waals surface area contributed by atoms with Crippen molar-refractivity contribution in [3.8, 4) is 0 Å². The van der Waals surface area contributed by atoms with Gasteiger partial charge in [-0.1, -0.05) is 41.9 Å². The molecule has 0 radical (unpaired) electrons. The Bertz CT molecular complexity index is 1140. The van der Waals surface area contributed by atoms with Gasteiger partial charge in [0.2, 0.25) is 0 Å². The Hall–Kier alpha value is -3.09. The first kappa shape index (κ1) is 17.0. The van der Waals surface area contributed by atoms with Crippen LogP contribution in [0.15, 0.2) is 60.7 Å². The van der Waals surface area contributed by atoms with E-state index in [0.29, 0.717) is 23.4 Å². The van der Waals surface area contributed by atoms with Crippen LogP contribution in [0.5, 0.6) is 0 Å². The maximum absolute atomic E-state index is 14.9. The van der Waals surface area contributed by atoms with Crippen molar-refractivity contribution in [2.24, 2.45) is 0 Å². The van der Waals surface area contributed by atoms with E-state index in [9.17, 15) is 14.3 Å². The smallest absolute Gasteiger partial charge is 0.261 e. The number of carbonyl (C=O) groups is 1. The molecule has 5 nitrogen and oxygen atoms in total. The summed E-state index contributed by atoms with van der Waals surface area (Å²) in [4.78, 5) is 14.3. The van der Waals surface area contributed by atoms with Gasteiger partial charge in [-0.15, -0.1) is 0 Å². The molecule has 28 heavy (non-hydrogen) atoms. The number of hydrogen-bond donors (Lipinski definition) is 3. The number of nitrogens with zero attached hydrogens (tertiary/aromatic N) is 1. The van der Waals surface area contributed by atoms with Crippen molar-refractivity contribution < 1.29 is 14.3 Å². The van der Waals surface area contributed by atoms with Crippen molar-refractivity contribution >= 4 is 34.6 Å². The van der Waals surface area contributed by atoms with Crippen LogP contribution < -0.4 is 15.5 Å². The number of benzene rings is 3. The first-order chi connectivity index (χ1) is 13.5. The standard InChI is InChI=1S/C21H15ClFN3O2/c22-15-6-3-7-18(19(15)23)26-20(27)13-4-1-2-5-14(13)21(26,28)12-8-9-16-17(10-12)25-11-24-16/h1-10,24-25,28H,11H2. The fraction of sp³-hybridized carbons (Fsp3) is 0.0952. The minimum absolute atomic E-state index is 0.0808. The van der Waals surface area contributed by atoms with Gasteiger partial charge in [-0.05, 0) is 30.3 Å². The molecule has 3 N–H and O–H groups in total. The van der Waals surface area contributed by atoms with E-state index in [-0.39, 0.29) is 10.7 Å². The zero-order valence-corrected chi connectivity index (χ0v) is 15.3. The Kier molecular flexibility index (Phi) is 3.62. The van der Waals surface area contributed by atoms with Crippen LogP contribution >= 0.6 is 11.6 Å². The Labute approximate surface area is 165 Å². The van der Waals surface area contributed by atoms with Crippen LogP contribution in [0.1, 0.15) is 21.5 Å². The minimum Gasteiger partial charge on any atom is -0.366 e. The van der Waals surface area contributed by atoms with Gasteiger partial charge in [0.1, 0.15) is 0 Å². The van der Waals surface area contributed by atoms with E-state index in [4.69, 9.17) is 11.6 Å². The first-order valence-electron chi connectivity index (χ1n) is 8.74. The molecule has 0 fully saturated rings. The summed E-state index contributed by atoms with van der Waals surface area (Å²) in [7, 11) is 0. The van der Waals surface area contributed by atoms with Gasteiger partial charge in [0.25, 0.3) is 5.91 Å². The van der Waals surface area contributed by atoms with Gasteiger partial charge in [0.05, 0.1) is 28.8 Å². The molecule has 0 aliphatic carbocycles. The van der Waals surface area contributed by atoms with Gasteiger partial charge in [-0.2, -0.15) is 0 Å². The number of rotatable bonds is 2. The molecule has 5 rings (SSSR count). The molecule has 7 heteroatoms. The maximum atomic E-state index is 14.9. The molecule has 140 valence electrons. The third-order valence-electron chi connectivity index (χ3n) is 5.21. The van der Waals surface area contributed by atoms with Gasteiger partial charge in [-0.3, -0.25) is 9.69 Å². The molecule has 2 aliphatic heterocycles. The van der Waals surface area contributed by atoms with Crippen molar-refractivity contribution in [2.45, 2.75) is 5.72 Å². The molecule has 2 heterocycles. The van der Waals surface area contributed by atoms with Crippen LogP contribution in [0.25, 0.3) is 0 Å². The van der Waals surface area contributed by atoms with Crippen molar-refractivity contribution in [1.82, 2.24) is 0 Å². The minimum atomic E-state index is -1.88. The summed E-state index contributed by atoms with van der Waals surface area (Å²) >= 11 is 5.95. The maximum Gasteiger partial charge on any atom is 0.261 e. The molecule has 0 saturated carbocycles. The molecule has 1 atom stereocenters. The van der Waals surface area contributed by atoms with Crippen LogP contribution in [-0.2, 0) is 5.72 Å². The molecule has 1 amide bonds. The highest BCUT2D eigenvalue weighted by atomic mass is 35.5. The van der Waals surface area contributed by atoms with E-state index in [1.54, 1.807) is 42.5 Å². The Morgan fingerprint density at radius 3 is 2.68 bits per heavy atom. The fourth-order valence-electron chi connectivity index (χ4n) is 3.89. The summed E-state index contributed by atoms with van der Waals surface area (Å²) in [6.07, 6.45) is 0. The van der Waals surface area contributed by atoms with E-state index < -0.39 is 17.4 Å². The van der Waals surface area contributed by atoms with Crippen LogP contribution in [0, 0.1) is 5.82 Å². The lowest BCUT2D eigenvalue weighted by Gasteiger charge is -2.35. The summed E-state index contributed by atoms with van der Waals surface area (Å²) < 4.78 is 14.9. The van der Waals surface area contributed by atoms with Crippen LogP contribution in [0.3, 0.4) is 0 Å². The largest absolute Gasteiger partial charge is 0.366 e. The van der Waals surface area contributed by atoms with Crippen LogP contribution in [0.4, 0.5) is 21.5 Å². The Morgan fingerprint density at radius 2 is 1.82 bits per heavy atom. The number of amides is 1. The Morgan fingerprint density at radius 1 is 1.04 bits per heavy atom. The summed E-state index contributed by atoms with van der Waals surface area (Å²) in [5, 5.41) is 18.1. The topological polar surface area (TPSA) is 64.6 Å². The lowest BCUT2D eigenvalue weighted by molar-refractivity contribution is 0.0699. The normalized spacial score (nSPS) is 19.8. The molecule has 2 aliphatic rings. The quantitative estimate of drug-likeness (QED) is 0.610. The highest BCUT2D eigenvalue weighted by molar-refractivity contribution is 6.31. The van der Waals surface area contributed by atoms with Gasteiger partial charge in [0, 0.05) is 16.7 Å². The van der Waals surface area contributed by atoms with E-state index >= 15 is 0 Å². The second-order valence-corrected chi connectivity index (χ2v) is 7.13. The van der Waals surface area contributed by atoms with Crippen molar-refractivity contribution in [2.75, 3.05) is 22.2 Å². The average Bonchev–Trinajstić information content (AvgIpc) is 3.26. The van der Waals surface area contributed by atoms with Crippen molar-refractivity contribution in [1.29, 1.82) is 0 Å². The predicted octanol–water partition coefficient (Wildman–Crippen LogP) is 4.13. The van der Waals surface area contributed by atoms with E-state index in [0.717, 1.165) is 16.3 Å². The molecule has 3 aromatic rings. The Balaban J connectivity index is 1.78. The lowest BCUT2D eigenvalue weighted by atomic mass is 9.93. The third kappa shape index (κ3) is 2.19. The van der Waals surface area contributed by atoms with Crippen LogP contribution in [-0.4, -0.2) is 17.7 Å². The van der Waals surface area contributed by atoms with Crippen molar-refractivity contribution in [3.63, 3.8) is 0 Å². The number of aliphatic hydroxyl groups is 1. The zero-order chi connectivity index (χ0) is 19.5. The summed E-state index contributed by atoms with van der Waals surface area (Å²) in [6, 6.07) is 16.4. The molecular weight excluding hydrogens is 381 g/mol. The second kappa shape index (κ2) is 5.95. The number of halogens is 2.